The van der Waals surface area contributed by atoms with Gasteiger partial charge < -0.3 is 20.9 Å². The topological polar surface area (TPSA) is 84.6 Å². The Labute approximate surface area is 113 Å². The molecule has 0 bridgehead atoms. The van der Waals surface area contributed by atoms with E-state index in [1.54, 1.807) is 6.92 Å². The number of rotatable bonds is 5. The Morgan fingerprint density at radius 1 is 1.50 bits per heavy atom. The summed E-state index contributed by atoms with van der Waals surface area (Å²) in [4.78, 5) is 11.8. The van der Waals surface area contributed by atoms with Gasteiger partial charge in [-0.25, -0.2) is 0 Å². The first-order valence-corrected chi connectivity index (χ1v) is 5.81. The maximum atomic E-state index is 12.1. The summed E-state index contributed by atoms with van der Waals surface area (Å²) in [5, 5.41) is 10.8. The van der Waals surface area contributed by atoms with E-state index in [0.717, 1.165) is 0 Å². The first-order chi connectivity index (χ1) is 9.27. The molecule has 0 fully saturated rings. The van der Waals surface area contributed by atoms with Gasteiger partial charge in [-0.1, -0.05) is 6.07 Å². The Bertz CT molecular complexity index is 478. The first-order valence-electron chi connectivity index (χ1n) is 5.81. The van der Waals surface area contributed by atoms with Gasteiger partial charge in [-0.05, 0) is 19.1 Å². The van der Waals surface area contributed by atoms with Crippen molar-refractivity contribution in [3.8, 4) is 5.75 Å². The lowest BCUT2D eigenvalue weighted by atomic mass is 10.1. The number of ether oxygens (including phenoxy) is 1. The quantitative estimate of drug-likeness (QED) is 0.715. The molecule has 0 heterocycles. The fraction of sp³-hybridized carbons (Fsp3) is 0.417. The van der Waals surface area contributed by atoms with Crippen molar-refractivity contribution in [3.63, 3.8) is 0 Å². The molecule has 0 saturated heterocycles. The van der Waals surface area contributed by atoms with Crippen molar-refractivity contribution in [2.75, 3.05) is 18.9 Å². The molecule has 0 aromatic heterocycles. The lowest BCUT2D eigenvalue weighted by Gasteiger charge is -2.16. The van der Waals surface area contributed by atoms with Gasteiger partial charge in [0.15, 0.2) is 11.9 Å². The van der Waals surface area contributed by atoms with Gasteiger partial charge in [-0.3, -0.25) is 4.79 Å². The molecule has 0 aliphatic carbocycles. The third-order valence-corrected chi connectivity index (χ3v) is 2.41. The maximum Gasteiger partial charge on any atom is 0.416 e. The summed E-state index contributed by atoms with van der Waals surface area (Å²) < 4.78 is 41.6. The number of alkyl halides is 3. The standard InChI is InChI=1S/C12H15F3N2O3/c1-2-20-10-7(4-3-5-8(10)16)11(19)17-6-9(18)12(13,14)15/h3-5,9,18H,2,6,16H2,1H3,(H,17,19). The number of nitrogens with two attached hydrogens (primary N) is 1. The fourth-order valence-corrected chi connectivity index (χ4v) is 1.44. The molecule has 0 aliphatic rings. The number of carbonyl (C=O) groups excluding carboxylic acids is 1. The molecule has 0 radical (unpaired) electrons. The normalized spacial score (nSPS) is 12.8. The molecule has 8 heteroatoms. The molecule has 1 amide bonds. The Hall–Kier alpha value is -1.96. The van der Waals surface area contributed by atoms with Crippen molar-refractivity contribution < 1.29 is 27.8 Å². The number of hydrogen-bond donors (Lipinski definition) is 3. The van der Waals surface area contributed by atoms with E-state index in [1.807, 2.05) is 5.32 Å². The molecule has 1 rings (SSSR count). The zero-order chi connectivity index (χ0) is 15.3. The van der Waals surface area contributed by atoms with Crippen LogP contribution < -0.4 is 15.8 Å². The van der Waals surface area contributed by atoms with Gasteiger partial charge >= 0.3 is 6.18 Å². The molecule has 0 saturated carbocycles. The van der Waals surface area contributed by atoms with Gasteiger partial charge in [0.05, 0.1) is 24.4 Å². The van der Waals surface area contributed by atoms with Crippen LogP contribution in [0.4, 0.5) is 18.9 Å². The van der Waals surface area contributed by atoms with E-state index in [-0.39, 0.29) is 23.6 Å². The summed E-state index contributed by atoms with van der Waals surface area (Å²) in [6, 6.07) is 4.36. The highest BCUT2D eigenvalue weighted by molar-refractivity contribution is 5.98. The zero-order valence-electron chi connectivity index (χ0n) is 10.7. The van der Waals surface area contributed by atoms with Crippen LogP contribution in [-0.4, -0.2) is 36.4 Å². The summed E-state index contributed by atoms with van der Waals surface area (Å²) in [5.41, 5.74) is 5.86. The van der Waals surface area contributed by atoms with Gasteiger partial charge in [-0.15, -0.1) is 0 Å². The number of carbonyl (C=O) groups is 1. The van der Waals surface area contributed by atoms with Crippen LogP contribution in [0.2, 0.25) is 0 Å². The van der Waals surface area contributed by atoms with E-state index in [4.69, 9.17) is 15.6 Å². The highest BCUT2D eigenvalue weighted by Crippen LogP contribution is 2.26. The van der Waals surface area contributed by atoms with Gasteiger partial charge in [0, 0.05) is 0 Å². The van der Waals surface area contributed by atoms with Crippen molar-refractivity contribution in [1.29, 1.82) is 0 Å². The molecule has 0 aliphatic heterocycles. The summed E-state index contributed by atoms with van der Waals surface area (Å²) in [6.07, 6.45) is -7.41. The van der Waals surface area contributed by atoms with Crippen molar-refractivity contribution >= 4 is 11.6 Å². The lowest BCUT2D eigenvalue weighted by Crippen LogP contribution is -2.40. The van der Waals surface area contributed by atoms with Crippen molar-refractivity contribution in [2.45, 2.75) is 19.2 Å². The molecule has 112 valence electrons. The van der Waals surface area contributed by atoms with Gasteiger partial charge in [0.1, 0.15) is 0 Å². The number of nitrogen functional groups attached to an aromatic ring is 1. The van der Waals surface area contributed by atoms with Crippen LogP contribution in [0.25, 0.3) is 0 Å². The van der Waals surface area contributed by atoms with Crippen LogP contribution >= 0.6 is 0 Å². The van der Waals surface area contributed by atoms with Crippen molar-refractivity contribution in [2.24, 2.45) is 0 Å². The van der Waals surface area contributed by atoms with E-state index < -0.39 is 24.7 Å². The number of aliphatic hydroxyl groups is 1. The molecule has 5 nitrogen and oxygen atoms in total. The highest BCUT2D eigenvalue weighted by atomic mass is 19.4. The Morgan fingerprint density at radius 3 is 2.70 bits per heavy atom. The predicted molar refractivity (Wildman–Crippen MR) is 66.4 cm³/mol. The molecule has 1 unspecified atom stereocenters. The zero-order valence-corrected chi connectivity index (χ0v) is 10.7. The smallest absolute Gasteiger partial charge is 0.416 e. The number of hydrogen-bond acceptors (Lipinski definition) is 4. The fourth-order valence-electron chi connectivity index (χ4n) is 1.44. The van der Waals surface area contributed by atoms with Crippen LogP contribution in [0, 0.1) is 0 Å². The molecule has 20 heavy (non-hydrogen) atoms. The molecular weight excluding hydrogens is 277 g/mol. The molecule has 1 aromatic rings. The average molecular weight is 292 g/mol. The number of nitrogens with one attached hydrogen (secondary N) is 1. The number of aliphatic hydroxyl groups excluding tert-OH is 1. The molecule has 4 N–H and O–H groups in total. The Kier molecular flexibility index (Phi) is 5.20. The monoisotopic (exact) mass is 292 g/mol. The number of halogens is 3. The van der Waals surface area contributed by atoms with E-state index >= 15 is 0 Å². The summed E-state index contributed by atoms with van der Waals surface area (Å²) in [6.45, 7) is 0.990. The second-order valence-corrected chi connectivity index (χ2v) is 3.92. The summed E-state index contributed by atoms with van der Waals surface area (Å²) >= 11 is 0. The Morgan fingerprint density at radius 2 is 2.15 bits per heavy atom. The van der Waals surface area contributed by atoms with E-state index in [1.165, 1.54) is 18.2 Å². The molecule has 1 atom stereocenters. The minimum atomic E-state index is -4.79. The third kappa shape index (κ3) is 4.02. The predicted octanol–water partition coefficient (Wildman–Crippen LogP) is 1.32. The molecule has 0 spiro atoms. The molecule has 1 aromatic carbocycles. The van der Waals surface area contributed by atoms with E-state index in [2.05, 4.69) is 0 Å². The van der Waals surface area contributed by atoms with Crippen LogP contribution in [0.15, 0.2) is 18.2 Å². The van der Waals surface area contributed by atoms with E-state index in [9.17, 15) is 18.0 Å². The lowest BCUT2D eigenvalue weighted by molar-refractivity contribution is -0.201. The average Bonchev–Trinajstić information content (AvgIpc) is 2.37. The van der Waals surface area contributed by atoms with Gasteiger partial charge in [0.2, 0.25) is 0 Å². The third-order valence-electron chi connectivity index (χ3n) is 2.41. The number of benzene rings is 1. The minimum Gasteiger partial charge on any atom is -0.491 e. The van der Waals surface area contributed by atoms with E-state index in [0.29, 0.717) is 0 Å². The van der Waals surface area contributed by atoms with Crippen LogP contribution in [0.3, 0.4) is 0 Å². The summed E-state index contributed by atoms with van der Waals surface area (Å²) in [7, 11) is 0. The number of anilines is 1. The largest absolute Gasteiger partial charge is 0.491 e. The Balaban J connectivity index is 2.80. The minimum absolute atomic E-state index is 0.0150. The summed E-state index contributed by atoms with van der Waals surface area (Å²) in [5.74, 6) is -0.696. The van der Waals surface area contributed by atoms with Gasteiger partial charge in [-0.2, -0.15) is 13.2 Å². The second-order valence-electron chi connectivity index (χ2n) is 3.92. The highest BCUT2D eigenvalue weighted by Gasteiger charge is 2.38. The van der Waals surface area contributed by atoms with Crippen molar-refractivity contribution in [3.05, 3.63) is 23.8 Å². The maximum absolute atomic E-state index is 12.1. The first kappa shape index (κ1) is 16.1. The molecular formula is C12H15F3N2O3. The van der Waals surface area contributed by atoms with Crippen LogP contribution in [-0.2, 0) is 0 Å². The SMILES string of the molecule is CCOc1c(N)cccc1C(=O)NCC(O)C(F)(F)F. The number of amides is 1. The van der Waals surface area contributed by atoms with Crippen molar-refractivity contribution in [1.82, 2.24) is 5.32 Å². The second kappa shape index (κ2) is 6.47. The number of para-hydroxylation sites is 1. The van der Waals surface area contributed by atoms with Crippen LogP contribution in [0.5, 0.6) is 5.75 Å². The van der Waals surface area contributed by atoms with Gasteiger partial charge in [0.25, 0.3) is 5.91 Å². The van der Waals surface area contributed by atoms with Crippen LogP contribution in [0.1, 0.15) is 17.3 Å².